The zero-order valence-corrected chi connectivity index (χ0v) is 41.1. The van der Waals surface area contributed by atoms with Crippen LogP contribution in [0.4, 0.5) is 34.1 Å². The average Bonchev–Trinajstić information content (AvgIpc) is 3.42. The lowest BCUT2D eigenvalue weighted by atomic mass is 9.94. The Balaban J connectivity index is 1.20. The number of hydrogen-bond acceptors (Lipinski definition) is 2. The van der Waals surface area contributed by atoms with E-state index in [2.05, 4.69) is 281 Å². The molecule has 2 nitrogen and oxygen atoms in total. The Bertz CT molecular complexity index is 3700. The molecule has 0 N–H and O–H groups in total. The summed E-state index contributed by atoms with van der Waals surface area (Å²) in [5.41, 5.74) is 20.9. The minimum atomic E-state index is 0.982. The first-order valence-corrected chi connectivity index (χ1v) is 24.6. The van der Waals surface area contributed by atoms with Crippen LogP contribution in [0, 0.1) is 27.7 Å². The van der Waals surface area contributed by atoms with E-state index in [1.807, 2.05) is 0 Å². The van der Waals surface area contributed by atoms with E-state index in [4.69, 9.17) is 6.58 Å². The van der Waals surface area contributed by atoms with Gasteiger partial charge >= 0.3 is 0 Å². The van der Waals surface area contributed by atoms with E-state index in [0.29, 0.717) is 0 Å². The molecule has 0 saturated heterocycles. The molecule has 0 aromatic heterocycles. The van der Waals surface area contributed by atoms with Gasteiger partial charge in [0, 0.05) is 33.4 Å². The van der Waals surface area contributed by atoms with Gasteiger partial charge in [0.2, 0.25) is 0 Å². The molecule has 0 atom stereocenters. The summed E-state index contributed by atoms with van der Waals surface area (Å²) in [5, 5.41) is 6.75. The van der Waals surface area contributed by atoms with E-state index in [-0.39, 0.29) is 0 Å². The lowest BCUT2D eigenvalue weighted by Crippen LogP contribution is -2.22. The average molecular weight is 913 g/mol. The Morgan fingerprint density at radius 1 is 0.310 bits per heavy atom. The summed E-state index contributed by atoms with van der Waals surface area (Å²) >= 11 is 0. The molecular formula is C69H56N2. The highest BCUT2D eigenvalue weighted by atomic mass is 15.2. The second-order valence-corrected chi connectivity index (χ2v) is 18.8. The van der Waals surface area contributed by atoms with Gasteiger partial charge in [-0.05, 0) is 159 Å². The van der Waals surface area contributed by atoms with Crippen LogP contribution in [0.2, 0.25) is 0 Å². The van der Waals surface area contributed by atoms with Crippen molar-refractivity contribution in [1.29, 1.82) is 0 Å². The molecule has 0 spiro atoms. The standard InChI is InChI=1S/C69H56N2/c1-7-60-62(70(64-42-56(33-28-46(64)2)51-20-12-8-13-21-51)65-43-57(34-29-47(65)3)52-22-14-9-15-23-52)41-38-55-37-39-61-63(40-32-50(6)68(61)69(55)60)71(66-44-58(35-30-48(66)4)53-24-16-10-17-25-53)67-45-59(36-31-49(67)5)54-26-18-11-19-27-54/h7-45H,6H2,1-5H3/b60-7-. The molecule has 11 aromatic rings. The Hall–Kier alpha value is -8.72. The second kappa shape index (κ2) is 19.0. The number of nitrogens with zero attached hydrogens (tertiary/aromatic N) is 2. The van der Waals surface area contributed by atoms with E-state index in [0.717, 1.165) is 60.7 Å². The minimum Gasteiger partial charge on any atom is -0.309 e. The van der Waals surface area contributed by atoms with Crippen molar-refractivity contribution in [3.8, 4) is 44.5 Å². The zero-order chi connectivity index (χ0) is 48.6. The normalized spacial score (nSPS) is 11.6. The summed E-state index contributed by atoms with van der Waals surface area (Å²) in [4.78, 5) is 5.01. The Kier molecular flexibility index (Phi) is 12.0. The lowest BCUT2D eigenvalue weighted by molar-refractivity contribution is 1.22. The van der Waals surface area contributed by atoms with Crippen LogP contribution in [0.3, 0.4) is 0 Å². The Morgan fingerprint density at radius 2 is 0.648 bits per heavy atom. The lowest BCUT2D eigenvalue weighted by Gasteiger charge is -2.31. The fourth-order valence-corrected chi connectivity index (χ4v) is 10.4. The number of hydrogen-bond donors (Lipinski definition) is 0. The maximum Gasteiger partial charge on any atom is 0.0540 e. The van der Waals surface area contributed by atoms with Crippen molar-refractivity contribution in [3.05, 3.63) is 263 Å². The Morgan fingerprint density at radius 3 is 1.01 bits per heavy atom. The van der Waals surface area contributed by atoms with Crippen LogP contribution in [-0.2, 0) is 0 Å². The van der Waals surface area contributed by atoms with E-state index in [1.54, 1.807) is 0 Å². The first kappa shape index (κ1) is 44.8. The molecule has 0 aliphatic carbocycles. The largest absolute Gasteiger partial charge is 0.309 e. The van der Waals surface area contributed by atoms with Crippen LogP contribution in [0.1, 0.15) is 29.2 Å². The maximum absolute atomic E-state index is 4.83. The summed E-state index contributed by atoms with van der Waals surface area (Å²) in [7, 11) is 0. The SMILES string of the molecule is C=c1ccc(N(c2cc(-c3ccccc3)ccc2C)c2cc(-c3ccccc3)ccc2C)c2ccc3ccc(N(c4cc(-c5ccccc5)ccc4C)c4cc(-c5ccccc5)ccc4C)/c(=C/C)c3c12. The molecule has 342 valence electrons. The number of anilines is 6. The quantitative estimate of drug-likeness (QED) is 0.126. The van der Waals surface area contributed by atoms with E-state index in [1.165, 1.54) is 72.1 Å². The smallest absolute Gasteiger partial charge is 0.0540 e. The molecule has 0 bridgehead atoms. The van der Waals surface area contributed by atoms with Crippen LogP contribution in [-0.4, -0.2) is 0 Å². The molecule has 0 saturated carbocycles. The van der Waals surface area contributed by atoms with Crippen molar-refractivity contribution < 1.29 is 0 Å². The third-order valence-electron chi connectivity index (χ3n) is 14.2. The van der Waals surface area contributed by atoms with Gasteiger partial charge in [0.25, 0.3) is 0 Å². The van der Waals surface area contributed by atoms with E-state index < -0.39 is 0 Å². The number of fused-ring (bicyclic) bond motifs is 3. The monoisotopic (exact) mass is 912 g/mol. The molecule has 0 aliphatic rings. The number of rotatable bonds is 10. The van der Waals surface area contributed by atoms with Gasteiger partial charge in [0.05, 0.1) is 11.4 Å². The van der Waals surface area contributed by atoms with Gasteiger partial charge in [-0.15, -0.1) is 0 Å². The first-order valence-electron chi connectivity index (χ1n) is 24.6. The minimum absolute atomic E-state index is 0.982. The van der Waals surface area contributed by atoms with Crippen molar-refractivity contribution in [2.45, 2.75) is 34.6 Å². The highest BCUT2D eigenvalue weighted by Gasteiger charge is 2.24. The summed E-state index contributed by atoms with van der Waals surface area (Å²) < 4.78 is 0. The summed E-state index contributed by atoms with van der Waals surface area (Å²) in [6.07, 6.45) is 2.31. The van der Waals surface area contributed by atoms with Crippen LogP contribution in [0.15, 0.2) is 231 Å². The van der Waals surface area contributed by atoms with Gasteiger partial charge in [-0.25, -0.2) is 0 Å². The van der Waals surface area contributed by atoms with Gasteiger partial charge in [0.15, 0.2) is 0 Å². The van der Waals surface area contributed by atoms with Crippen LogP contribution >= 0.6 is 0 Å². The highest BCUT2D eigenvalue weighted by Crippen LogP contribution is 2.46. The predicted octanol–water partition coefficient (Wildman–Crippen LogP) is 18.0. The predicted molar refractivity (Wildman–Crippen MR) is 306 cm³/mol. The molecule has 0 amide bonds. The summed E-state index contributed by atoms with van der Waals surface area (Å²) in [6.45, 7) is 15.9. The highest BCUT2D eigenvalue weighted by molar-refractivity contribution is 6.14. The molecular weight excluding hydrogens is 857 g/mol. The van der Waals surface area contributed by atoms with Gasteiger partial charge < -0.3 is 9.80 Å². The summed E-state index contributed by atoms with van der Waals surface area (Å²) in [6, 6.07) is 84.1. The molecule has 11 aromatic carbocycles. The molecule has 0 fully saturated rings. The zero-order valence-electron chi connectivity index (χ0n) is 41.1. The fraction of sp³-hybridized carbons (Fsp3) is 0.0725. The topological polar surface area (TPSA) is 6.48 Å². The first-order chi connectivity index (χ1) is 34.7. The molecule has 0 aliphatic heterocycles. The summed E-state index contributed by atoms with van der Waals surface area (Å²) in [5.74, 6) is 0. The van der Waals surface area contributed by atoms with Crippen LogP contribution in [0.25, 0.3) is 78.7 Å². The molecule has 0 unspecified atom stereocenters. The van der Waals surface area contributed by atoms with Gasteiger partial charge in [-0.1, -0.05) is 207 Å². The van der Waals surface area contributed by atoms with Gasteiger partial charge in [0.1, 0.15) is 0 Å². The maximum atomic E-state index is 4.83. The van der Waals surface area contributed by atoms with Crippen LogP contribution in [0.5, 0.6) is 0 Å². The van der Waals surface area contributed by atoms with Crippen molar-refractivity contribution in [2.24, 2.45) is 0 Å². The third-order valence-corrected chi connectivity index (χ3v) is 14.2. The molecule has 11 rings (SSSR count). The van der Waals surface area contributed by atoms with Crippen LogP contribution < -0.4 is 20.2 Å². The second-order valence-electron chi connectivity index (χ2n) is 18.8. The van der Waals surface area contributed by atoms with Crippen molar-refractivity contribution in [3.63, 3.8) is 0 Å². The molecule has 71 heavy (non-hydrogen) atoms. The third kappa shape index (κ3) is 8.38. The van der Waals surface area contributed by atoms with Gasteiger partial charge in [-0.3, -0.25) is 0 Å². The molecule has 0 radical (unpaired) electrons. The fourth-order valence-electron chi connectivity index (χ4n) is 10.4. The number of aryl methyl sites for hydroxylation is 4. The van der Waals surface area contributed by atoms with Crippen molar-refractivity contribution >= 4 is 68.3 Å². The van der Waals surface area contributed by atoms with Crippen molar-refractivity contribution in [2.75, 3.05) is 9.80 Å². The van der Waals surface area contributed by atoms with E-state index in [9.17, 15) is 0 Å². The Labute approximate surface area is 418 Å². The number of benzene rings is 11. The van der Waals surface area contributed by atoms with Crippen molar-refractivity contribution in [1.82, 2.24) is 0 Å². The van der Waals surface area contributed by atoms with E-state index >= 15 is 0 Å². The van der Waals surface area contributed by atoms with Gasteiger partial charge in [-0.2, -0.15) is 0 Å². The molecule has 0 heterocycles. The molecule has 2 heteroatoms.